The third-order valence-corrected chi connectivity index (χ3v) is 4.37. The number of hydrogen-bond donors (Lipinski definition) is 1. The Morgan fingerprint density at radius 2 is 2.33 bits per heavy atom. The summed E-state index contributed by atoms with van der Waals surface area (Å²) < 4.78 is 5.22. The van der Waals surface area contributed by atoms with Crippen molar-refractivity contribution >= 4 is 17.2 Å². The number of amides is 1. The Morgan fingerprint density at radius 3 is 2.89 bits per heavy atom. The first-order valence-electron chi connectivity index (χ1n) is 6.01. The van der Waals surface area contributed by atoms with Crippen LogP contribution in [0, 0.1) is 16.7 Å². The molecule has 1 aromatic heterocycles. The molecule has 1 saturated heterocycles. The number of carbonyl (C=O) groups is 1. The van der Waals surface area contributed by atoms with Crippen LogP contribution in [0.15, 0.2) is 17.5 Å². The van der Waals surface area contributed by atoms with Gasteiger partial charge in [0.1, 0.15) is 5.41 Å². The monoisotopic (exact) mass is 264 g/mol. The molecule has 1 N–H and O–H groups in total. The standard InChI is InChI=1S/C13H16N2O2S/c1-10(11-3-2-8-18-11)15-12(16)13(9-14)4-6-17-7-5-13/h2-3,8,10H,4-7H2,1H3,(H,15,16). The molecule has 18 heavy (non-hydrogen) atoms. The molecule has 1 unspecified atom stereocenters. The van der Waals surface area contributed by atoms with Crippen molar-refractivity contribution in [2.75, 3.05) is 13.2 Å². The van der Waals surface area contributed by atoms with Gasteiger partial charge in [-0.25, -0.2) is 0 Å². The fourth-order valence-corrected chi connectivity index (χ4v) is 2.79. The Hall–Kier alpha value is -1.38. The van der Waals surface area contributed by atoms with Crippen molar-refractivity contribution in [2.24, 2.45) is 5.41 Å². The van der Waals surface area contributed by atoms with E-state index in [4.69, 9.17) is 4.74 Å². The van der Waals surface area contributed by atoms with Crippen LogP contribution < -0.4 is 5.32 Å². The van der Waals surface area contributed by atoms with Crippen molar-refractivity contribution in [3.63, 3.8) is 0 Å². The molecule has 2 rings (SSSR count). The minimum absolute atomic E-state index is 0.0504. The van der Waals surface area contributed by atoms with Crippen molar-refractivity contribution in [3.8, 4) is 6.07 Å². The van der Waals surface area contributed by atoms with Crippen LogP contribution in [0.1, 0.15) is 30.7 Å². The quantitative estimate of drug-likeness (QED) is 0.910. The van der Waals surface area contributed by atoms with Crippen LogP contribution in [0.5, 0.6) is 0 Å². The Labute approximate surface area is 111 Å². The lowest BCUT2D eigenvalue weighted by Gasteiger charge is -2.30. The summed E-state index contributed by atoms with van der Waals surface area (Å²) in [6.45, 7) is 2.90. The fraction of sp³-hybridized carbons (Fsp3) is 0.538. The first-order chi connectivity index (χ1) is 8.68. The molecule has 0 aliphatic carbocycles. The van der Waals surface area contributed by atoms with Crippen LogP contribution in [0.3, 0.4) is 0 Å². The first-order valence-corrected chi connectivity index (χ1v) is 6.89. The Balaban J connectivity index is 2.04. The maximum absolute atomic E-state index is 12.3. The van der Waals surface area contributed by atoms with E-state index >= 15 is 0 Å². The zero-order valence-corrected chi connectivity index (χ0v) is 11.1. The molecule has 1 aliphatic heterocycles. The summed E-state index contributed by atoms with van der Waals surface area (Å²) in [4.78, 5) is 13.4. The normalized spacial score (nSPS) is 19.8. The molecule has 0 bridgehead atoms. The molecule has 0 radical (unpaired) electrons. The highest BCUT2D eigenvalue weighted by atomic mass is 32.1. The molecule has 4 nitrogen and oxygen atoms in total. The molecule has 0 saturated carbocycles. The number of nitrogens with one attached hydrogen (secondary N) is 1. The van der Waals surface area contributed by atoms with Gasteiger partial charge in [-0.3, -0.25) is 4.79 Å². The molecule has 2 heterocycles. The number of nitriles is 1. The van der Waals surface area contributed by atoms with Crippen molar-refractivity contribution in [2.45, 2.75) is 25.8 Å². The number of rotatable bonds is 3. The van der Waals surface area contributed by atoms with Gasteiger partial charge in [0.15, 0.2) is 0 Å². The third kappa shape index (κ3) is 2.55. The average molecular weight is 264 g/mol. The van der Waals surface area contributed by atoms with E-state index in [1.165, 1.54) is 0 Å². The number of thiophene rings is 1. The second-order valence-corrected chi connectivity index (χ2v) is 5.50. The third-order valence-electron chi connectivity index (χ3n) is 3.31. The molecule has 0 aromatic carbocycles. The van der Waals surface area contributed by atoms with Gasteiger partial charge in [-0.2, -0.15) is 5.26 Å². The predicted molar refractivity (Wildman–Crippen MR) is 69.0 cm³/mol. The van der Waals surface area contributed by atoms with Gasteiger partial charge in [0.2, 0.25) is 5.91 Å². The van der Waals surface area contributed by atoms with E-state index in [2.05, 4.69) is 11.4 Å². The van der Waals surface area contributed by atoms with Crippen LogP contribution in [-0.4, -0.2) is 19.1 Å². The van der Waals surface area contributed by atoms with Gasteiger partial charge < -0.3 is 10.1 Å². The molecule has 1 aliphatic rings. The Bertz CT molecular complexity index is 444. The van der Waals surface area contributed by atoms with Crippen LogP contribution in [0.25, 0.3) is 0 Å². The number of carbonyl (C=O) groups excluding carboxylic acids is 1. The fourth-order valence-electron chi connectivity index (χ4n) is 2.05. The summed E-state index contributed by atoms with van der Waals surface area (Å²) in [5.41, 5.74) is -0.913. The predicted octanol–water partition coefficient (Wildman–Crippen LogP) is 2.25. The number of hydrogen-bond acceptors (Lipinski definition) is 4. The highest BCUT2D eigenvalue weighted by molar-refractivity contribution is 7.10. The van der Waals surface area contributed by atoms with E-state index in [0.29, 0.717) is 26.1 Å². The summed E-state index contributed by atoms with van der Waals surface area (Å²) in [5, 5.41) is 14.2. The van der Waals surface area contributed by atoms with Crippen LogP contribution >= 0.6 is 11.3 Å². The zero-order valence-electron chi connectivity index (χ0n) is 10.3. The zero-order chi connectivity index (χ0) is 13.0. The maximum Gasteiger partial charge on any atom is 0.241 e. The van der Waals surface area contributed by atoms with Gasteiger partial charge in [-0.1, -0.05) is 6.07 Å². The maximum atomic E-state index is 12.3. The van der Waals surface area contributed by atoms with Gasteiger partial charge in [-0.05, 0) is 31.2 Å². The number of ether oxygens (including phenoxy) is 1. The number of nitrogens with zero attached hydrogens (tertiary/aromatic N) is 1. The van der Waals surface area contributed by atoms with Gasteiger partial charge in [0.25, 0.3) is 0 Å². The van der Waals surface area contributed by atoms with Gasteiger partial charge in [-0.15, -0.1) is 11.3 Å². The van der Waals surface area contributed by atoms with Gasteiger partial charge in [0.05, 0.1) is 12.1 Å². The summed E-state index contributed by atoms with van der Waals surface area (Å²) in [6, 6.07) is 6.07. The SMILES string of the molecule is CC(NC(=O)C1(C#N)CCOCC1)c1cccs1. The average Bonchev–Trinajstić information content (AvgIpc) is 2.93. The summed E-state index contributed by atoms with van der Waals surface area (Å²) >= 11 is 1.60. The molecule has 1 atom stereocenters. The van der Waals surface area contributed by atoms with Crippen molar-refractivity contribution in [3.05, 3.63) is 22.4 Å². The molecule has 1 aromatic rings. The van der Waals surface area contributed by atoms with Gasteiger partial charge >= 0.3 is 0 Å². The molecule has 1 amide bonds. The smallest absolute Gasteiger partial charge is 0.241 e. The molecular formula is C13H16N2O2S. The minimum Gasteiger partial charge on any atom is -0.381 e. The van der Waals surface area contributed by atoms with E-state index in [1.54, 1.807) is 11.3 Å². The minimum atomic E-state index is -0.913. The van der Waals surface area contributed by atoms with E-state index in [1.807, 2.05) is 24.4 Å². The summed E-state index contributed by atoms with van der Waals surface area (Å²) in [7, 11) is 0. The molecular weight excluding hydrogens is 248 g/mol. The second kappa shape index (κ2) is 5.51. The molecule has 5 heteroatoms. The van der Waals surface area contributed by atoms with Crippen LogP contribution in [0.4, 0.5) is 0 Å². The van der Waals surface area contributed by atoms with E-state index in [-0.39, 0.29) is 11.9 Å². The topological polar surface area (TPSA) is 62.1 Å². The lowest BCUT2D eigenvalue weighted by atomic mass is 9.80. The van der Waals surface area contributed by atoms with Crippen molar-refractivity contribution in [1.82, 2.24) is 5.32 Å². The summed E-state index contributed by atoms with van der Waals surface area (Å²) in [5.74, 6) is -0.172. The highest BCUT2D eigenvalue weighted by Crippen LogP contribution is 2.31. The second-order valence-electron chi connectivity index (χ2n) is 4.52. The van der Waals surface area contributed by atoms with Crippen molar-refractivity contribution < 1.29 is 9.53 Å². The Kier molecular flexibility index (Phi) is 4.00. The van der Waals surface area contributed by atoms with E-state index in [9.17, 15) is 10.1 Å². The van der Waals surface area contributed by atoms with Gasteiger partial charge in [0, 0.05) is 18.1 Å². The lowest BCUT2D eigenvalue weighted by molar-refractivity contribution is -0.133. The molecule has 0 spiro atoms. The lowest BCUT2D eigenvalue weighted by Crippen LogP contribution is -2.44. The van der Waals surface area contributed by atoms with Crippen LogP contribution in [0.2, 0.25) is 0 Å². The summed E-state index contributed by atoms with van der Waals surface area (Å²) in [6.07, 6.45) is 0.957. The largest absolute Gasteiger partial charge is 0.381 e. The van der Waals surface area contributed by atoms with E-state index in [0.717, 1.165) is 4.88 Å². The molecule has 1 fully saturated rings. The Morgan fingerprint density at radius 1 is 1.61 bits per heavy atom. The first kappa shape index (κ1) is 13.1. The highest BCUT2D eigenvalue weighted by Gasteiger charge is 2.40. The van der Waals surface area contributed by atoms with Crippen molar-refractivity contribution in [1.29, 1.82) is 5.26 Å². The van der Waals surface area contributed by atoms with Crippen LogP contribution in [-0.2, 0) is 9.53 Å². The molecule has 96 valence electrons. The van der Waals surface area contributed by atoms with E-state index < -0.39 is 5.41 Å².